The molecule has 0 saturated carbocycles. The molecule has 0 aliphatic rings. The molecule has 7 N–H and O–H groups in total. The monoisotopic (exact) mass is 467 g/mol. The maximum absolute atomic E-state index is 12.2. The minimum atomic E-state index is -1.05. The molecule has 0 radical (unpaired) electrons. The Morgan fingerprint density at radius 3 is 2.61 bits per heavy atom. The SMILES string of the molecule is N=C(N)Nc1cccc(C(=O)NCC(=O)NC(CC(=O)O)c2ccc(Br)s2)c1. The van der Waals surface area contributed by atoms with Crippen LogP contribution in [0.5, 0.6) is 0 Å². The zero-order valence-electron chi connectivity index (χ0n) is 14.5. The summed E-state index contributed by atoms with van der Waals surface area (Å²) >= 11 is 4.63. The molecule has 28 heavy (non-hydrogen) atoms. The highest BCUT2D eigenvalue weighted by Crippen LogP contribution is 2.29. The molecule has 1 heterocycles. The van der Waals surface area contributed by atoms with Crippen LogP contribution in [-0.4, -0.2) is 35.4 Å². The summed E-state index contributed by atoms with van der Waals surface area (Å²) in [6.07, 6.45) is -0.272. The molecule has 0 aliphatic heterocycles. The number of guanidine groups is 1. The normalized spacial score (nSPS) is 11.3. The van der Waals surface area contributed by atoms with Gasteiger partial charge in [0, 0.05) is 16.1 Å². The number of hydrogen-bond acceptors (Lipinski definition) is 5. The van der Waals surface area contributed by atoms with E-state index >= 15 is 0 Å². The Labute approximate surface area is 173 Å². The maximum atomic E-state index is 12.2. The van der Waals surface area contributed by atoms with Gasteiger partial charge in [0.05, 0.1) is 22.8 Å². The third-order valence-corrected chi connectivity index (χ3v) is 5.20. The molecule has 1 aromatic heterocycles. The van der Waals surface area contributed by atoms with Crippen LogP contribution in [0.25, 0.3) is 0 Å². The third kappa shape index (κ3) is 6.67. The van der Waals surface area contributed by atoms with Crippen molar-refractivity contribution < 1.29 is 19.5 Å². The second-order valence-electron chi connectivity index (χ2n) is 5.66. The van der Waals surface area contributed by atoms with Crippen LogP contribution in [-0.2, 0) is 9.59 Å². The molecular weight excluding hydrogens is 450 g/mol. The van der Waals surface area contributed by atoms with Crippen LogP contribution in [0.1, 0.15) is 27.7 Å². The van der Waals surface area contributed by atoms with Crippen molar-refractivity contribution in [3.8, 4) is 0 Å². The average molecular weight is 468 g/mol. The van der Waals surface area contributed by atoms with E-state index < -0.39 is 23.8 Å². The summed E-state index contributed by atoms with van der Waals surface area (Å²) in [6.45, 7) is -0.314. The van der Waals surface area contributed by atoms with Crippen LogP contribution in [0.3, 0.4) is 0 Å². The molecule has 1 aromatic carbocycles. The van der Waals surface area contributed by atoms with E-state index in [4.69, 9.17) is 16.2 Å². The first-order valence-corrected chi connectivity index (χ1v) is 9.61. The van der Waals surface area contributed by atoms with Crippen LogP contribution in [0, 0.1) is 5.41 Å². The van der Waals surface area contributed by atoms with Crippen LogP contribution in [0.15, 0.2) is 40.2 Å². The maximum Gasteiger partial charge on any atom is 0.305 e. The summed E-state index contributed by atoms with van der Waals surface area (Å²) < 4.78 is 0.819. The van der Waals surface area contributed by atoms with Crippen molar-refractivity contribution in [2.24, 2.45) is 5.73 Å². The van der Waals surface area contributed by atoms with E-state index in [1.807, 2.05) is 0 Å². The number of nitrogens with two attached hydrogens (primary N) is 1. The lowest BCUT2D eigenvalue weighted by Gasteiger charge is -2.16. The Hall–Kier alpha value is -2.92. The molecule has 0 fully saturated rings. The molecule has 2 rings (SSSR count). The van der Waals surface area contributed by atoms with Gasteiger partial charge in [0.2, 0.25) is 5.91 Å². The summed E-state index contributed by atoms with van der Waals surface area (Å²) in [5.74, 6) is -2.31. The number of thiophene rings is 1. The van der Waals surface area contributed by atoms with Gasteiger partial charge in [-0.3, -0.25) is 19.8 Å². The summed E-state index contributed by atoms with van der Waals surface area (Å²) in [4.78, 5) is 36.2. The standard InChI is InChI=1S/C17H18BrN5O4S/c18-13-5-4-12(28-13)11(7-15(25)26)23-14(24)8-21-16(27)9-2-1-3-10(6-9)22-17(19)20/h1-6,11H,7-8H2,(H,21,27)(H,23,24)(H,25,26)(H4,19,20,22). The summed E-state index contributed by atoms with van der Waals surface area (Å²) in [5.41, 5.74) is 6.00. The zero-order valence-corrected chi connectivity index (χ0v) is 16.9. The van der Waals surface area contributed by atoms with Gasteiger partial charge >= 0.3 is 5.97 Å². The number of amides is 2. The molecule has 9 nitrogen and oxygen atoms in total. The Morgan fingerprint density at radius 2 is 2.00 bits per heavy atom. The first kappa shape index (κ1) is 21.4. The van der Waals surface area contributed by atoms with Crippen molar-refractivity contribution in [1.82, 2.24) is 10.6 Å². The molecule has 0 saturated heterocycles. The van der Waals surface area contributed by atoms with E-state index in [2.05, 4.69) is 31.9 Å². The smallest absolute Gasteiger partial charge is 0.305 e. The Morgan fingerprint density at radius 1 is 1.25 bits per heavy atom. The van der Waals surface area contributed by atoms with Crippen LogP contribution >= 0.6 is 27.3 Å². The number of anilines is 1. The van der Waals surface area contributed by atoms with Gasteiger partial charge in [-0.2, -0.15) is 0 Å². The van der Waals surface area contributed by atoms with Crippen molar-refractivity contribution >= 4 is 56.7 Å². The van der Waals surface area contributed by atoms with Crippen molar-refractivity contribution in [3.05, 3.63) is 50.6 Å². The number of nitrogens with one attached hydrogen (secondary N) is 4. The minimum absolute atomic E-state index is 0.262. The summed E-state index contributed by atoms with van der Waals surface area (Å²) in [5, 5.41) is 23.9. The topological polar surface area (TPSA) is 157 Å². The van der Waals surface area contributed by atoms with Gasteiger partial charge in [0.1, 0.15) is 0 Å². The van der Waals surface area contributed by atoms with Gasteiger partial charge < -0.3 is 26.8 Å². The number of hydrogen-bond donors (Lipinski definition) is 6. The van der Waals surface area contributed by atoms with Gasteiger partial charge in [-0.25, -0.2) is 0 Å². The highest BCUT2D eigenvalue weighted by Gasteiger charge is 2.20. The molecule has 11 heteroatoms. The van der Waals surface area contributed by atoms with Crippen molar-refractivity contribution in [3.63, 3.8) is 0 Å². The summed E-state index contributed by atoms with van der Waals surface area (Å²) in [7, 11) is 0. The number of carboxylic acids is 1. The number of halogens is 1. The van der Waals surface area contributed by atoms with E-state index in [1.165, 1.54) is 17.4 Å². The molecule has 1 unspecified atom stereocenters. The Kier molecular flexibility index (Phi) is 7.52. The summed E-state index contributed by atoms with van der Waals surface area (Å²) in [6, 6.07) is 9.10. The second-order valence-corrected chi connectivity index (χ2v) is 8.16. The fourth-order valence-corrected chi connectivity index (χ4v) is 3.79. The predicted molar refractivity (Wildman–Crippen MR) is 109 cm³/mol. The molecule has 1 atom stereocenters. The Bertz CT molecular complexity index is 901. The number of carboxylic acid groups (broad SMARTS) is 1. The largest absolute Gasteiger partial charge is 0.481 e. The highest BCUT2D eigenvalue weighted by molar-refractivity contribution is 9.11. The van der Waals surface area contributed by atoms with E-state index in [1.54, 1.807) is 30.3 Å². The number of carbonyl (C=O) groups excluding carboxylic acids is 2. The van der Waals surface area contributed by atoms with Gasteiger partial charge in [-0.15, -0.1) is 11.3 Å². The average Bonchev–Trinajstić information content (AvgIpc) is 3.05. The van der Waals surface area contributed by atoms with Gasteiger partial charge in [0.25, 0.3) is 5.91 Å². The van der Waals surface area contributed by atoms with Gasteiger partial charge in [-0.1, -0.05) is 6.07 Å². The van der Waals surface area contributed by atoms with Crippen molar-refractivity contribution in [1.29, 1.82) is 5.41 Å². The van der Waals surface area contributed by atoms with E-state index in [0.29, 0.717) is 10.6 Å². The van der Waals surface area contributed by atoms with Crippen molar-refractivity contribution in [2.45, 2.75) is 12.5 Å². The predicted octanol–water partition coefficient (Wildman–Crippen LogP) is 1.88. The molecule has 2 amide bonds. The number of aliphatic carboxylic acids is 1. The van der Waals surface area contributed by atoms with E-state index in [9.17, 15) is 14.4 Å². The molecular formula is C17H18BrN5O4S. The van der Waals surface area contributed by atoms with E-state index in [0.717, 1.165) is 3.79 Å². The minimum Gasteiger partial charge on any atom is -0.481 e. The lowest BCUT2D eigenvalue weighted by molar-refractivity contribution is -0.137. The molecule has 0 bridgehead atoms. The Balaban J connectivity index is 1.95. The highest BCUT2D eigenvalue weighted by atomic mass is 79.9. The fourth-order valence-electron chi connectivity index (χ4n) is 2.31. The first-order valence-electron chi connectivity index (χ1n) is 8.00. The number of benzene rings is 1. The van der Waals surface area contributed by atoms with Gasteiger partial charge in [-0.05, 0) is 46.3 Å². The molecule has 0 aliphatic carbocycles. The quantitative estimate of drug-likeness (QED) is 0.257. The fraction of sp³-hybridized carbons (Fsp3) is 0.176. The lowest BCUT2D eigenvalue weighted by Crippen LogP contribution is -2.39. The van der Waals surface area contributed by atoms with E-state index in [-0.39, 0.29) is 24.5 Å². The zero-order chi connectivity index (χ0) is 20.7. The van der Waals surface area contributed by atoms with Crippen LogP contribution < -0.4 is 21.7 Å². The lowest BCUT2D eigenvalue weighted by atomic mass is 10.1. The third-order valence-electron chi connectivity index (χ3n) is 3.46. The van der Waals surface area contributed by atoms with Crippen molar-refractivity contribution in [2.75, 3.05) is 11.9 Å². The molecule has 0 spiro atoms. The second kappa shape index (κ2) is 9.85. The number of carbonyl (C=O) groups is 3. The molecule has 2 aromatic rings. The van der Waals surface area contributed by atoms with Gasteiger partial charge in [0.15, 0.2) is 5.96 Å². The van der Waals surface area contributed by atoms with Crippen LogP contribution in [0.4, 0.5) is 5.69 Å². The number of rotatable bonds is 8. The van der Waals surface area contributed by atoms with Crippen LogP contribution in [0.2, 0.25) is 0 Å². The molecule has 148 valence electrons. The first-order chi connectivity index (χ1) is 13.2.